The molecule has 0 N–H and O–H groups in total. The SMILES string of the molecule is Cc1ccc(C(=O)N2CC3CCC(C2)O3)c(F)c1. The van der Waals surface area contributed by atoms with Crippen molar-refractivity contribution < 1.29 is 13.9 Å². The van der Waals surface area contributed by atoms with Crippen molar-refractivity contribution in [1.82, 2.24) is 4.90 Å². The highest BCUT2D eigenvalue weighted by atomic mass is 19.1. The van der Waals surface area contributed by atoms with Crippen LogP contribution in [-0.2, 0) is 4.74 Å². The molecule has 1 aromatic rings. The standard InChI is InChI=1S/C14H16FNO2/c1-9-2-5-12(13(15)6-9)14(17)16-7-10-3-4-11(8-16)18-10/h2,5-6,10-11H,3-4,7-8H2,1H3. The van der Waals surface area contributed by atoms with Crippen molar-refractivity contribution in [2.45, 2.75) is 32.0 Å². The van der Waals surface area contributed by atoms with E-state index in [0.717, 1.165) is 18.4 Å². The minimum absolute atomic E-state index is 0.140. The van der Waals surface area contributed by atoms with E-state index in [1.165, 1.54) is 6.07 Å². The molecule has 4 heteroatoms. The highest BCUT2D eigenvalue weighted by molar-refractivity contribution is 5.94. The number of morpholine rings is 1. The molecule has 1 amide bonds. The Kier molecular flexibility index (Phi) is 2.82. The zero-order valence-corrected chi connectivity index (χ0v) is 10.4. The van der Waals surface area contributed by atoms with Crippen LogP contribution in [0.1, 0.15) is 28.8 Å². The summed E-state index contributed by atoms with van der Waals surface area (Å²) in [6.45, 7) is 2.98. The topological polar surface area (TPSA) is 29.5 Å². The number of hydrogen-bond donors (Lipinski definition) is 0. The molecule has 2 bridgehead atoms. The molecule has 2 aliphatic rings. The van der Waals surface area contributed by atoms with Gasteiger partial charge in [-0.1, -0.05) is 6.07 Å². The van der Waals surface area contributed by atoms with Gasteiger partial charge in [0.25, 0.3) is 5.91 Å². The van der Waals surface area contributed by atoms with Gasteiger partial charge in [-0.2, -0.15) is 0 Å². The molecule has 2 saturated heterocycles. The number of nitrogens with zero attached hydrogens (tertiary/aromatic N) is 1. The van der Waals surface area contributed by atoms with Crippen LogP contribution in [0.15, 0.2) is 18.2 Å². The highest BCUT2D eigenvalue weighted by Crippen LogP contribution is 2.27. The molecular formula is C14H16FNO2. The van der Waals surface area contributed by atoms with Crippen LogP contribution in [0.3, 0.4) is 0 Å². The van der Waals surface area contributed by atoms with E-state index in [2.05, 4.69) is 0 Å². The molecular weight excluding hydrogens is 233 g/mol. The van der Waals surface area contributed by atoms with Crippen molar-refractivity contribution >= 4 is 5.91 Å². The third kappa shape index (κ3) is 2.01. The van der Waals surface area contributed by atoms with Crippen LogP contribution in [0.25, 0.3) is 0 Å². The van der Waals surface area contributed by atoms with Gasteiger partial charge in [0.05, 0.1) is 17.8 Å². The van der Waals surface area contributed by atoms with E-state index in [9.17, 15) is 9.18 Å². The van der Waals surface area contributed by atoms with Crippen molar-refractivity contribution in [3.63, 3.8) is 0 Å². The number of aryl methyl sites for hydroxylation is 1. The molecule has 0 aromatic heterocycles. The summed E-state index contributed by atoms with van der Waals surface area (Å²) in [7, 11) is 0. The second-order valence-electron chi connectivity index (χ2n) is 5.15. The fraction of sp³-hybridized carbons (Fsp3) is 0.500. The first-order valence-electron chi connectivity index (χ1n) is 6.34. The second kappa shape index (κ2) is 4.35. The average molecular weight is 249 g/mol. The molecule has 1 aromatic carbocycles. The number of rotatable bonds is 1. The van der Waals surface area contributed by atoms with E-state index in [1.54, 1.807) is 17.0 Å². The lowest BCUT2D eigenvalue weighted by Gasteiger charge is -2.32. The number of fused-ring (bicyclic) bond motifs is 2. The summed E-state index contributed by atoms with van der Waals surface area (Å²) in [5.74, 6) is -0.647. The van der Waals surface area contributed by atoms with Crippen molar-refractivity contribution in [1.29, 1.82) is 0 Å². The Labute approximate surface area is 106 Å². The van der Waals surface area contributed by atoms with Crippen LogP contribution in [0.4, 0.5) is 4.39 Å². The van der Waals surface area contributed by atoms with Crippen LogP contribution in [-0.4, -0.2) is 36.1 Å². The summed E-state index contributed by atoms with van der Waals surface area (Å²) in [5.41, 5.74) is 0.994. The van der Waals surface area contributed by atoms with Gasteiger partial charge in [-0.3, -0.25) is 4.79 Å². The molecule has 0 spiro atoms. The molecule has 0 aliphatic carbocycles. The fourth-order valence-electron chi connectivity index (χ4n) is 2.74. The van der Waals surface area contributed by atoms with Gasteiger partial charge in [0.15, 0.2) is 0 Å². The Balaban J connectivity index is 1.82. The number of amides is 1. The second-order valence-corrected chi connectivity index (χ2v) is 5.15. The Bertz CT molecular complexity index is 477. The third-order valence-electron chi connectivity index (χ3n) is 3.69. The van der Waals surface area contributed by atoms with E-state index in [0.29, 0.717) is 13.1 Å². The average Bonchev–Trinajstić information content (AvgIpc) is 2.67. The van der Waals surface area contributed by atoms with Gasteiger partial charge in [0.1, 0.15) is 5.82 Å². The fourth-order valence-corrected chi connectivity index (χ4v) is 2.74. The minimum atomic E-state index is -0.432. The first-order chi connectivity index (χ1) is 8.63. The van der Waals surface area contributed by atoms with Crippen molar-refractivity contribution in [3.8, 4) is 0 Å². The molecule has 0 radical (unpaired) electrons. The Hall–Kier alpha value is -1.42. The first-order valence-corrected chi connectivity index (χ1v) is 6.34. The summed E-state index contributed by atoms with van der Waals surface area (Å²) in [6, 6.07) is 4.75. The lowest BCUT2D eigenvalue weighted by Crippen LogP contribution is -2.46. The van der Waals surface area contributed by atoms with Crippen molar-refractivity contribution in [2.24, 2.45) is 0 Å². The number of ether oxygens (including phenoxy) is 1. The van der Waals surface area contributed by atoms with Crippen molar-refractivity contribution in [2.75, 3.05) is 13.1 Å². The molecule has 3 nitrogen and oxygen atoms in total. The van der Waals surface area contributed by atoms with Gasteiger partial charge < -0.3 is 9.64 Å². The van der Waals surface area contributed by atoms with Gasteiger partial charge in [0.2, 0.25) is 0 Å². The summed E-state index contributed by atoms with van der Waals surface area (Å²) in [4.78, 5) is 14.0. The largest absolute Gasteiger partial charge is 0.371 e. The van der Waals surface area contributed by atoms with Crippen LogP contribution in [0, 0.1) is 12.7 Å². The van der Waals surface area contributed by atoms with Crippen LogP contribution >= 0.6 is 0 Å². The summed E-state index contributed by atoms with van der Waals surface area (Å²) >= 11 is 0. The van der Waals surface area contributed by atoms with Gasteiger partial charge in [-0.05, 0) is 37.5 Å². The van der Waals surface area contributed by atoms with Gasteiger partial charge in [-0.15, -0.1) is 0 Å². The lowest BCUT2D eigenvalue weighted by atomic mass is 10.1. The number of carbonyl (C=O) groups excluding carboxylic acids is 1. The number of carbonyl (C=O) groups is 1. The predicted molar refractivity (Wildman–Crippen MR) is 64.9 cm³/mol. The Morgan fingerprint density at radius 1 is 1.33 bits per heavy atom. The molecule has 2 fully saturated rings. The smallest absolute Gasteiger partial charge is 0.257 e. The molecule has 96 valence electrons. The zero-order valence-electron chi connectivity index (χ0n) is 10.4. The lowest BCUT2D eigenvalue weighted by molar-refractivity contribution is -0.0304. The van der Waals surface area contributed by atoms with E-state index in [1.807, 2.05) is 6.92 Å². The molecule has 2 heterocycles. The maximum Gasteiger partial charge on any atom is 0.257 e. The van der Waals surface area contributed by atoms with E-state index in [-0.39, 0.29) is 23.7 Å². The number of halogens is 1. The molecule has 18 heavy (non-hydrogen) atoms. The summed E-state index contributed by atoms with van der Waals surface area (Å²) in [6.07, 6.45) is 2.29. The van der Waals surface area contributed by atoms with Gasteiger partial charge in [0, 0.05) is 13.1 Å². The third-order valence-corrected chi connectivity index (χ3v) is 3.69. The van der Waals surface area contributed by atoms with Gasteiger partial charge >= 0.3 is 0 Å². The zero-order chi connectivity index (χ0) is 12.7. The first kappa shape index (κ1) is 11.7. The molecule has 2 atom stereocenters. The molecule has 3 rings (SSSR count). The maximum atomic E-state index is 13.8. The van der Waals surface area contributed by atoms with Crippen molar-refractivity contribution in [3.05, 3.63) is 35.1 Å². The summed E-state index contributed by atoms with van der Waals surface area (Å²) < 4.78 is 19.5. The maximum absolute atomic E-state index is 13.8. The summed E-state index contributed by atoms with van der Waals surface area (Å²) in [5, 5.41) is 0. The monoisotopic (exact) mass is 249 g/mol. The molecule has 0 saturated carbocycles. The Morgan fingerprint density at radius 3 is 2.61 bits per heavy atom. The number of likely N-dealkylation sites (tertiary alicyclic amines) is 1. The van der Waals surface area contributed by atoms with E-state index < -0.39 is 5.82 Å². The predicted octanol–water partition coefficient (Wildman–Crippen LogP) is 2.14. The van der Waals surface area contributed by atoms with Gasteiger partial charge in [-0.25, -0.2) is 4.39 Å². The number of benzene rings is 1. The number of hydrogen-bond acceptors (Lipinski definition) is 2. The minimum Gasteiger partial charge on any atom is -0.371 e. The van der Waals surface area contributed by atoms with Crippen LogP contribution < -0.4 is 0 Å². The van der Waals surface area contributed by atoms with E-state index >= 15 is 0 Å². The molecule has 2 unspecified atom stereocenters. The highest BCUT2D eigenvalue weighted by Gasteiger charge is 2.36. The molecule has 2 aliphatic heterocycles. The normalized spacial score (nSPS) is 26.4. The van der Waals surface area contributed by atoms with Crippen LogP contribution in [0.2, 0.25) is 0 Å². The Morgan fingerprint density at radius 2 is 2.00 bits per heavy atom. The quantitative estimate of drug-likeness (QED) is 0.763. The van der Waals surface area contributed by atoms with E-state index in [4.69, 9.17) is 4.74 Å². The van der Waals surface area contributed by atoms with Crippen LogP contribution in [0.5, 0.6) is 0 Å².